The minimum Gasteiger partial charge on any atom is -0.387 e. The lowest BCUT2D eigenvalue weighted by Crippen LogP contribution is -2.47. The molecule has 3 N–H and O–H groups in total. The van der Waals surface area contributed by atoms with E-state index in [-0.39, 0.29) is 6.17 Å². The van der Waals surface area contributed by atoms with Crippen LogP contribution in [-0.2, 0) is 0 Å². The van der Waals surface area contributed by atoms with Crippen LogP contribution >= 0.6 is 0 Å². The summed E-state index contributed by atoms with van der Waals surface area (Å²) in [5.74, 6) is 0. The molecule has 16 heavy (non-hydrogen) atoms. The van der Waals surface area contributed by atoms with Gasteiger partial charge in [-0.1, -0.05) is 30.3 Å². The van der Waals surface area contributed by atoms with Gasteiger partial charge in [0.1, 0.15) is 0 Å². The van der Waals surface area contributed by atoms with E-state index in [0.29, 0.717) is 6.54 Å². The van der Waals surface area contributed by atoms with E-state index in [4.69, 9.17) is 5.73 Å². The molecule has 1 fully saturated rings. The van der Waals surface area contributed by atoms with Gasteiger partial charge >= 0.3 is 0 Å². The van der Waals surface area contributed by atoms with Crippen molar-refractivity contribution >= 4 is 0 Å². The third-order valence-electron chi connectivity index (χ3n) is 3.26. The molecular weight excluding hydrogens is 200 g/mol. The topological polar surface area (TPSA) is 49.5 Å². The number of aliphatic hydroxyl groups excluding tert-OH is 1. The van der Waals surface area contributed by atoms with Crippen molar-refractivity contribution in [3.63, 3.8) is 0 Å². The monoisotopic (exact) mass is 220 g/mol. The van der Waals surface area contributed by atoms with Crippen LogP contribution in [-0.4, -0.2) is 29.3 Å². The molecule has 1 saturated heterocycles. The highest BCUT2D eigenvalue weighted by molar-refractivity contribution is 5.17. The van der Waals surface area contributed by atoms with Crippen molar-refractivity contribution in [3.8, 4) is 0 Å². The van der Waals surface area contributed by atoms with Crippen LogP contribution in [0.5, 0.6) is 0 Å². The Kier molecular flexibility index (Phi) is 3.93. The predicted octanol–water partition coefficient (Wildman–Crippen LogP) is 1.49. The molecule has 1 aromatic carbocycles. The van der Waals surface area contributed by atoms with Crippen LogP contribution in [0.4, 0.5) is 0 Å². The molecule has 1 heterocycles. The number of hydrogen-bond donors (Lipinski definition) is 2. The maximum Gasteiger partial charge on any atom is 0.0917 e. The van der Waals surface area contributed by atoms with Crippen molar-refractivity contribution in [2.75, 3.05) is 13.1 Å². The van der Waals surface area contributed by atoms with Crippen molar-refractivity contribution in [1.82, 2.24) is 4.90 Å². The van der Waals surface area contributed by atoms with Gasteiger partial charge in [-0.25, -0.2) is 0 Å². The molecule has 0 radical (unpaired) electrons. The Balaban J connectivity index is 1.94. The first kappa shape index (κ1) is 11.6. The minimum absolute atomic E-state index is 0.118. The lowest BCUT2D eigenvalue weighted by molar-refractivity contribution is 0.0692. The number of rotatable bonds is 3. The molecule has 0 amide bonds. The molecule has 0 bridgehead atoms. The van der Waals surface area contributed by atoms with Crippen molar-refractivity contribution in [2.45, 2.75) is 31.5 Å². The van der Waals surface area contributed by atoms with Crippen LogP contribution in [0.25, 0.3) is 0 Å². The zero-order chi connectivity index (χ0) is 11.4. The third-order valence-corrected chi connectivity index (χ3v) is 3.26. The predicted molar refractivity (Wildman–Crippen MR) is 64.8 cm³/mol. The van der Waals surface area contributed by atoms with E-state index >= 15 is 0 Å². The summed E-state index contributed by atoms with van der Waals surface area (Å²) >= 11 is 0. The van der Waals surface area contributed by atoms with E-state index in [2.05, 4.69) is 4.90 Å². The van der Waals surface area contributed by atoms with Gasteiger partial charge in [-0.2, -0.15) is 0 Å². The second-order valence-corrected chi connectivity index (χ2v) is 4.48. The molecule has 0 unspecified atom stereocenters. The van der Waals surface area contributed by atoms with Crippen LogP contribution in [0.2, 0.25) is 0 Å². The number of nitrogens with zero attached hydrogens (tertiary/aromatic N) is 1. The summed E-state index contributed by atoms with van der Waals surface area (Å²) in [5, 5.41) is 10.1. The molecule has 3 nitrogen and oxygen atoms in total. The van der Waals surface area contributed by atoms with E-state index in [0.717, 1.165) is 18.5 Å². The highest BCUT2D eigenvalue weighted by Gasteiger charge is 2.21. The van der Waals surface area contributed by atoms with Crippen LogP contribution in [0.3, 0.4) is 0 Å². The van der Waals surface area contributed by atoms with Gasteiger partial charge in [0, 0.05) is 6.54 Å². The molecule has 0 aliphatic carbocycles. The maximum absolute atomic E-state index is 10.1. The summed E-state index contributed by atoms with van der Waals surface area (Å²) < 4.78 is 0. The average molecular weight is 220 g/mol. The Bertz CT molecular complexity index is 315. The summed E-state index contributed by atoms with van der Waals surface area (Å²) in [6.45, 7) is 1.65. The van der Waals surface area contributed by atoms with Gasteiger partial charge < -0.3 is 10.8 Å². The number of benzene rings is 1. The molecular formula is C13H20N2O. The molecule has 0 saturated carbocycles. The van der Waals surface area contributed by atoms with Gasteiger partial charge in [-0.15, -0.1) is 0 Å². The Morgan fingerprint density at radius 3 is 2.75 bits per heavy atom. The Morgan fingerprint density at radius 2 is 2.06 bits per heavy atom. The molecule has 2 atom stereocenters. The highest BCUT2D eigenvalue weighted by Crippen LogP contribution is 2.19. The zero-order valence-electron chi connectivity index (χ0n) is 9.55. The smallest absolute Gasteiger partial charge is 0.0917 e. The lowest BCUT2D eigenvalue weighted by Gasteiger charge is -2.34. The summed E-state index contributed by atoms with van der Waals surface area (Å²) in [6, 6.07) is 9.78. The Labute approximate surface area is 96.9 Å². The molecule has 3 heteroatoms. The first-order chi connectivity index (χ1) is 7.77. The van der Waals surface area contributed by atoms with Gasteiger partial charge in [0.15, 0.2) is 0 Å². The summed E-state index contributed by atoms with van der Waals surface area (Å²) in [5.41, 5.74) is 6.99. The van der Waals surface area contributed by atoms with Crippen molar-refractivity contribution in [1.29, 1.82) is 0 Å². The zero-order valence-corrected chi connectivity index (χ0v) is 9.55. The first-order valence-electron chi connectivity index (χ1n) is 6.00. The second-order valence-electron chi connectivity index (χ2n) is 4.48. The fourth-order valence-electron chi connectivity index (χ4n) is 2.25. The van der Waals surface area contributed by atoms with Crippen molar-refractivity contribution in [3.05, 3.63) is 35.9 Å². The fraction of sp³-hybridized carbons (Fsp3) is 0.538. The summed E-state index contributed by atoms with van der Waals surface area (Å²) in [7, 11) is 0. The van der Waals surface area contributed by atoms with Gasteiger partial charge in [-0.05, 0) is 31.4 Å². The summed E-state index contributed by atoms with van der Waals surface area (Å²) in [6.07, 6.45) is 3.13. The van der Waals surface area contributed by atoms with Crippen LogP contribution in [0.15, 0.2) is 30.3 Å². The number of piperidine rings is 1. The quantitative estimate of drug-likeness (QED) is 0.811. The van der Waals surface area contributed by atoms with Gasteiger partial charge in [0.2, 0.25) is 0 Å². The number of β-amino-alcohol motifs (C(OH)–C–C–N with tert-alkyl or cyclic N) is 1. The first-order valence-corrected chi connectivity index (χ1v) is 6.00. The van der Waals surface area contributed by atoms with Crippen molar-refractivity contribution < 1.29 is 5.11 Å². The lowest BCUT2D eigenvalue weighted by atomic mass is 10.1. The molecule has 88 valence electrons. The summed E-state index contributed by atoms with van der Waals surface area (Å²) in [4.78, 5) is 2.18. The standard InChI is InChI=1S/C13H20N2O/c14-13-8-4-5-9-15(13)10-12(16)11-6-2-1-3-7-11/h1-3,6-7,12-13,16H,4-5,8-10,14H2/t12-,13-/m0/s1. The maximum atomic E-state index is 10.1. The highest BCUT2D eigenvalue weighted by atomic mass is 16.3. The molecule has 0 aromatic heterocycles. The molecule has 1 aliphatic rings. The second kappa shape index (κ2) is 5.43. The van der Waals surface area contributed by atoms with Crippen LogP contribution in [0, 0.1) is 0 Å². The van der Waals surface area contributed by atoms with Crippen molar-refractivity contribution in [2.24, 2.45) is 5.73 Å². The fourth-order valence-corrected chi connectivity index (χ4v) is 2.25. The Hall–Kier alpha value is -0.900. The number of aliphatic hydroxyl groups is 1. The van der Waals surface area contributed by atoms with E-state index in [1.54, 1.807) is 0 Å². The molecule has 2 rings (SSSR count). The van der Waals surface area contributed by atoms with E-state index in [9.17, 15) is 5.11 Å². The molecule has 1 aromatic rings. The van der Waals surface area contributed by atoms with Gasteiger partial charge in [0.05, 0.1) is 12.3 Å². The van der Waals surface area contributed by atoms with Gasteiger partial charge in [0.25, 0.3) is 0 Å². The Morgan fingerprint density at radius 1 is 1.31 bits per heavy atom. The largest absolute Gasteiger partial charge is 0.387 e. The number of nitrogens with two attached hydrogens (primary N) is 1. The average Bonchev–Trinajstić information content (AvgIpc) is 2.33. The van der Waals surface area contributed by atoms with E-state index < -0.39 is 6.10 Å². The third kappa shape index (κ3) is 2.82. The van der Waals surface area contributed by atoms with Crippen LogP contribution in [0.1, 0.15) is 30.9 Å². The van der Waals surface area contributed by atoms with E-state index in [1.807, 2.05) is 30.3 Å². The number of hydrogen-bond acceptors (Lipinski definition) is 3. The minimum atomic E-state index is -0.426. The van der Waals surface area contributed by atoms with Gasteiger partial charge in [-0.3, -0.25) is 4.90 Å². The SMILES string of the molecule is N[C@@H]1CCCCN1C[C@H](O)c1ccccc1. The number of likely N-dealkylation sites (tertiary alicyclic amines) is 1. The normalized spacial score (nSPS) is 24.2. The van der Waals surface area contributed by atoms with Crippen LogP contribution < -0.4 is 5.73 Å². The molecule has 1 aliphatic heterocycles. The van der Waals surface area contributed by atoms with E-state index in [1.165, 1.54) is 12.8 Å². The molecule has 0 spiro atoms.